The third-order valence-corrected chi connectivity index (χ3v) is 9.51. The Hall–Kier alpha value is -5.43. The molecule has 0 radical (unpaired) electrons. The molecule has 0 aliphatic rings. The molecule has 0 saturated heterocycles. The van der Waals surface area contributed by atoms with Gasteiger partial charge in [0.25, 0.3) is 0 Å². The molecule has 4 aromatic carbocycles. The summed E-state index contributed by atoms with van der Waals surface area (Å²) in [6.07, 6.45) is 7.41. The van der Waals surface area contributed by atoms with Crippen molar-refractivity contribution in [1.82, 2.24) is 9.97 Å². The normalized spacial score (nSPS) is 10.8. The average molecular weight is 619 g/mol. The van der Waals surface area contributed by atoms with Gasteiger partial charge in [0, 0.05) is 46.7 Å². The van der Waals surface area contributed by atoms with Gasteiger partial charge in [0.1, 0.15) is 4.88 Å². The van der Waals surface area contributed by atoms with Gasteiger partial charge in [-0.15, -0.1) is 22.7 Å². The van der Waals surface area contributed by atoms with Crippen molar-refractivity contribution < 1.29 is 9.90 Å². The molecule has 0 fully saturated rings. The first kappa shape index (κ1) is 28.3. The van der Waals surface area contributed by atoms with Gasteiger partial charge in [-0.2, -0.15) is 0 Å². The maximum absolute atomic E-state index is 11.2. The Morgan fingerprint density at radius 2 is 1.02 bits per heavy atom. The molecule has 4 aromatic heterocycles. The van der Waals surface area contributed by atoms with Crippen molar-refractivity contribution >= 4 is 48.8 Å². The molecule has 0 aliphatic carbocycles. The van der Waals surface area contributed by atoms with Gasteiger partial charge in [0.2, 0.25) is 0 Å². The molecule has 0 saturated carbocycles. The Kier molecular flexibility index (Phi) is 7.98. The topological polar surface area (TPSA) is 63.1 Å². The van der Waals surface area contributed by atoms with Crippen molar-refractivity contribution in [1.29, 1.82) is 0 Å². The molecule has 8 aromatic rings. The molecule has 6 heteroatoms. The standard InChI is InChI=1S/C20H13NO2S.C19H13NS/c22-20(23)18-10-16-17(11-21-12-19(16)24-18)15-8-4-7-14(9-15)13-5-2-1-3-6-13;1-2-5-14(6-3-1)15-7-4-8-16(11-15)18-12-20-13-19-17(18)9-10-21-19/h1-12H,(H,22,23);1-13H. The first-order valence-corrected chi connectivity index (χ1v) is 16.1. The number of carboxylic acids is 1. The van der Waals surface area contributed by atoms with Gasteiger partial charge in [-0.05, 0) is 63.0 Å². The minimum atomic E-state index is -0.903. The molecule has 0 amide bonds. The van der Waals surface area contributed by atoms with Gasteiger partial charge in [0.05, 0.1) is 9.40 Å². The van der Waals surface area contributed by atoms with Gasteiger partial charge in [-0.25, -0.2) is 4.79 Å². The van der Waals surface area contributed by atoms with Crippen LogP contribution in [0, 0.1) is 0 Å². The molecule has 4 heterocycles. The number of carboxylic acid groups (broad SMARTS) is 1. The number of benzene rings is 4. The minimum Gasteiger partial charge on any atom is -0.477 e. The lowest BCUT2D eigenvalue weighted by Gasteiger charge is -2.07. The van der Waals surface area contributed by atoms with E-state index in [0.717, 1.165) is 32.3 Å². The maximum atomic E-state index is 11.2. The number of hydrogen-bond acceptors (Lipinski definition) is 5. The van der Waals surface area contributed by atoms with Gasteiger partial charge in [0.15, 0.2) is 0 Å². The third kappa shape index (κ3) is 6.02. The Labute approximate surface area is 268 Å². The van der Waals surface area contributed by atoms with Crippen LogP contribution in [0.25, 0.3) is 64.7 Å². The average Bonchev–Trinajstić information content (AvgIpc) is 3.78. The molecule has 8 rings (SSSR count). The lowest BCUT2D eigenvalue weighted by atomic mass is 9.98. The number of thiophene rings is 2. The number of fused-ring (bicyclic) bond motifs is 2. The lowest BCUT2D eigenvalue weighted by molar-refractivity contribution is 0.0702. The van der Waals surface area contributed by atoms with Crippen LogP contribution >= 0.6 is 22.7 Å². The predicted molar refractivity (Wildman–Crippen MR) is 188 cm³/mol. The number of nitrogens with zero attached hydrogens (tertiary/aromatic N) is 2. The van der Waals surface area contributed by atoms with E-state index in [9.17, 15) is 9.90 Å². The highest BCUT2D eigenvalue weighted by Crippen LogP contribution is 2.35. The highest BCUT2D eigenvalue weighted by molar-refractivity contribution is 7.20. The molecule has 0 atom stereocenters. The van der Waals surface area contributed by atoms with Crippen LogP contribution in [-0.4, -0.2) is 21.0 Å². The minimum absolute atomic E-state index is 0.332. The molecular formula is C39H26N2O2S2. The summed E-state index contributed by atoms with van der Waals surface area (Å²) < 4.78 is 2.12. The summed E-state index contributed by atoms with van der Waals surface area (Å²) in [5.41, 5.74) is 9.15. The van der Waals surface area contributed by atoms with E-state index in [1.807, 2.05) is 48.8 Å². The van der Waals surface area contributed by atoms with E-state index in [1.54, 1.807) is 29.8 Å². The van der Waals surface area contributed by atoms with Crippen LogP contribution in [0.15, 0.2) is 151 Å². The van der Waals surface area contributed by atoms with Crippen LogP contribution in [-0.2, 0) is 0 Å². The van der Waals surface area contributed by atoms with Crippen LogP contribution < -0.4 is 0 Å². The highest BCUT2D eigenvalue weighted by atomic mass is 32.1. The van der Waals surface area contributed by atoms with Crippen LogP contribution in [0.4, 0.5) is 0 Å². The van der Waals surface area contributed by atoms with E-state index >= 15 is 0 Å². The first-order valence-electron chi connectivity index (χ1n) is 14.4. The number of aromatic nitrogens is 2. The first-order chi connectivity index (χ1) is 22.1. The molecule has 216 valence electrons. The number of carbonyl (C=O) groups is 1. The zero-order chi connectivity index (χ0) is 30.6. The Morgan fingerprint density at radius 1 is 0.511 bits per heavy atom. The van der Waals surface area contributed by atoms with E-state index in [4.69, 9.17) is 0 Å². The third-order valence-electron chi connectivity index (χ3n) is 7.60. The summed E-state index contributed by atoms with van der Waals surface area (Å²) in [4.78, 5) is 20.2. The largest absolute Gasteiger partial charge is 0.477 e. The Morgan fingerprint density at radius 3 is 1.60 bits per heavy atom. The second kappa shape index (κ2) is 12.7. The van der Waals surface area contributed by atoms with Gasteiger partial charge in [-0.1, -0.05) is 97.1 Å². The Bertz CT molecular complexity index is 2260. The van der Waals surface area contributed by atoms with E-state index < -0.39 is 5.97 Å². The second-order valence-corrected chi connectivity index (χ2v) is 12.5. The molecule has 1 N–H and O–H groups in total. The summed E-state index contributed by atoms with van der Waals surface area (Å²) >= 11 is 2.99. The van der Waals surface area contributed by atoms with Crippen LogP contribution in [0.1, 0.15) is 9.67 Å². The fourth-order valence-corrected chi connectivity index (χ4v) is 7.08. The van der Waals surface area contributed by atoms with Crippen molar-refractivity contribution in [3.05, 3.63) is 156 Å². The molecule has 0 unspecified atom stereocenters. The monoisotopic (exact) mass is 618 g/mol. The zero-order valence-electron chi connectivity index (χ0n) is 24.0. The van der Waals surface area contributed by atoms with Crippen molar-refractivity contribution in [2.45, 2.75) is 0 Å². The summed E-state index contributed by atoms with van der Waals surface area (Å²) in [5, 5.41) is 13.6. The lowest BCUT2D eigenvalue weighted by Crippen LogP contribution is -1.89. The molecule has 4 nitrogen and oxygen atoms in total. The predicted octanol–water partition coefficient (Wildman–Crippen LogP) is 11.0. The summed E-state index contributed by atoms with van der Waals surface area (Å²) in [7, 11) is 0. The van der Waals surface area contributed by atoms with Crippen molar-refractivity contribution in [3.63, 3.8) is 0 Å². The summed E-state index contributed by atoms with van der Waals surface area (Å²) in [6.45, 7) is 0. The molecule has 0 aliphatic heterocycles. The highest BCUT2D eigenvalue weighted by Gasteiger charge is 2.13. The molecule has 0 bridgehead atoms. The van der Waals surface area contributed by atoms with Gasteiger partial charge >= 0.3 is 5.97 Å². The number of hydrogen-bond donors (Lipinski definition) is 1. The Balaban J connectivity index is 0.000000146. The van der Waals surface area contributed by atoms with Crippen molar-refractivity contribution in [2.75, 3.05) is 0 Å². The van der Waals surface area contributed by atoms with Crippen molar-refractivity contribution in [2.24, 2.45) is 0 Å². The van der Waals surface area contributed by atoms with Gasteiger partial charge < -0.3 is 5.11 Å². The van der Waals surface area contributed by atoms with Crippen molar-refractivity contribution in [3.8, 4) is 44.5 Å². The summed E-state index contributed by atoms with van der Waals surface area (Å²) in [6, 6.07) is 41.4. The zero-order valence-corrected chi connectivity index (χ0v) is 25.6. The summed E-state index contributed by atoms with van der Waals surface area (Å²) in [5.74, 6) is -0.903. The second-order valence-electron chi connectivity index (χ2n) is 10.4. The fraction of sp³-hybridized carbons (Fsp3) is 0. The van der Waals surface area contributed by atoms with E-state index in [-0.39, 0.29) is 0 Å². The SMILES string of the molecule is O=C(O)c1cc2c(-c3cccc(-c4ccccc4)c3)cncc2s1.c1ccc(-c2cccc(-c3cncc4sccc34)c2)cc1. The number of pyridine rings is 2. The van der Waals surface area contributed by atoms with Gasteiger partial charge in [-0.3, -0.25) is 9.97 Å². The molecule has 45 heavy (non-hydrogen) atoms. The fourth-order valence-electron chi connectivity index (χ4n) is 5.41. The maximum Gasteiger partial charge on any atom is 0.345 e. The van der Waals surface area contributed by atoms with E-state index in [2.05, 4.69) is 94.2 Å². The van der Waals surface area contributed by atoms with E-state index in [0.29, 0.717) is 4.88 Å². The molecule has 0 spiro atoms. The van der Waals surface area contributed by atoms with Crippen LogP contribution in [0.3, 0.4) is 0 Å². The quantitative estimate of drug-likeness (QED) is 0.208. The number of rotatable bonds is 5. The van der Waals surface area contributed by atoms with E-state index in [1.165, 1.54) is 43.7 Å². The van der Waals surface area contributed by atoms with Crippen LogP contribution in [0.2, 0.25) is 0 Å². The number of aromatic carboxylic acids is 1. The smallest absolute Gasteiger partial charge is 0.345 e. The van der Waals surface area contributed by atoms with Crippen LogP contribution in [0.5, 0.6) is 0 Å². The molecular weight excluding hydrogens is 593 g/mol.